The third-order valence-corrected chi connectivity index (χ3v) is 8.95. The van der Waals surface area contributed by atoms with Gasteiger partial charge < -0.3 is 14.0 Å². The van der Waals surface area contributed by atoms with Gasteiger partial charge in [0.25, 0.3) is 5.56 Å². The fraction of sp³-hybridized carbons (Fsp3) is 0.300. The van der Waals surface area contributed by atoms with Gasteiger partial charge in [0.1, 0.15) is 5.78 Å². The molecule has 6 nitrogen and oxygen atoms in total. The first-order valence-electron chi connectivity index (χ1n) is 12.5. The molecule has 7 heteroatoms. The SMILES string of the molecule is COP(=O)(OC)C(c1cc2ccc(C)cc2[nH]c1=O)N(Cc1ccccc1)Cc1ccc(C(C)C)cc1. The Labute approximate surface area is 218 Å². The van der Waals surface area contributed by atoms with Crippen molar-refractivity contribution in [1.29, 1.82) is 0 Å². The molecule has 37 heavy (non-hydrogen) atoms. The van der Waals surface area contributed by atoms with E-state index in [4.69, 9.17) is 9.05 Å². The maximum atomic E-state index is 14.1. The summed E-state index contributed by atoms with van der Waals surface area (Å²) in [5.74, 6) is -0.508. The minimum Gasteiger partial charge on any atom is -0.322 e. The molecule has 0 radical (unpaired) electrons. The molecule has 3 aromatic carbocycles. The van der Waals surface area contributed by atoms with Crippen LogP contribution in [0.4, 0.5) is 0 Å². The number of fused-ring (bicyclic) bond motifs is 1. The second-order valence-electron chi connectivity index (χ2n) is 9.71. The van der Waals surface area contributed by atoms with Gasteiger partial charge in [0.15, 0.2) is 0 Å². The van der Waals surface area contributed by atoms with Crippen LogP contribution in [0.25, 0.3) is 10.9 Å². The highest BCUT2D eigenvalue weighted by Gasteiger charge is 2.42. The van der Waals surface area contributed by atoms with Crippen molar-refractivity contribution in [2.24, 2.45) is 0 Å². The fourth-order valence-electron chi connectivity index (χ4n) is 4.65. The Morgan fingerprint density at radius 3 is 2.08 bits per heavy atom. The van der Waals surface area contributed by atoms with Crippen LogP contribution in [0.2, 0.25) is 0 Å². The van der Waals surface area contributed by atoms with Crippen LogP contribution in [0.5, 0.6) is 0 Å². The lowest BCUT2D eigenvalue weighted by atomic mass is 10.0. The number of nitrogens with one attached hydrogen (secondary N) is 1. The van der Waals surface area contributed by atoms with Crippen LogP contribution in [0.1, 0.15) is 53.4 Å². The monoisotopic (exact) mass is 518 g/mol. The van der Waals surface area contributed by atoms with E-state index in [-0.39, 0.29) is 5.56 Å². The smallest absolute Gasteiger partial charge is 0.322 e. The molecule has 1 atom stereocenters. The highest BCUT2D eigenvalue weighted by molar-refractivity contribution is 7.54. The third kappa shape index (κ3) is 6.11. The molecule has 1 N–H and O–H groups in total. The molecule has 0 amide bonds. The van der Waals surface area contributed by atoms with Crippen LogP contribution >= 0.6 is 7.60 Å². The Kier molecular flexibility index (Phi) is 8.46. The third-order valence-electron chi connectivity index (χ3n) is 6.72. The standard InChI is InChI=1S/C30H35N2O4P/c1-21(2)25-15-12-24(13-16-25)20-32(19-23-9-7-6-8-10-23)30(37(34,35-4)36-5)27-18-26-14-11-22(3)17-28(26)31-29(27)33/h6-18,21,30H,19-20H2,1-5H3,(H,31,33). The highest BCUT2D eigenvalue weighted by Crippen LogP contribution is 2.61. The van der Waals surface area contributed by atoms with E-state index in [0.717, 1.165) is 27.6 Å². The predicted octanol–water partition coefficient (Wildman–Crippen LogP) is 7.15. The lowest BCUT2D eigenvalue weighted by molar-refractivity contribution is 0.175. The fourth-order valence-corrected chi connectivity index (χ4v) is 6.30. The molecular formula is C30H35N2O4P. The van der Waals surface area contributed by atoms with Crippen LogP contribution in [-0.4, -0.2) is 24.1 Å². The summed E-state index contributed by atoms with van der Waals surface area (Å²) < 4.78 is 25.2. The van der Waals surface area contributed by atoms with Crippen molar-refractivity contribution in [2.75, 3.05) is 14.2 Å². The maximum Gasteiger partial charge on any atom is 0.351 e. The summed E-state index contributed by atoms with van der Waals surface area (Å²) in [5, 5.41) is 0.852. The van der Waals surface area contributed by atoms with Crippen molar-refractivity contribution >= 4 is 18.5 Å². The quantitative estimate of drug-likeness (QED) is 0.226. The number of aromatic nitrogens is 1. The summed E-state index contributed by atoms with van der Waals surface area (Å²) in [6.45, 7) is 7.19. The Hall–Kier alpha value is -3.02. The van der Waals surface area contributed by atoms with Gasteiger partial charge in [-0.15, -0.1) is 0 Å². The molecule has 0 spiro atoms. The molecule has 0 saturated carbocycles. The van der Waals surface area contributed by atoms with Crippen molar-refractivity contribution in [3.05, 3.63) is 117 Å². The van der Waals surface area contributed by atoms with Gasteiger partial charge in [-0.3, -0.25) is 14.3 Å². The number of pyridine rings is 1. The first kappa shape index (κ1) is 27.0. The molecule has 0 saturated heterocycles. The van der Waals surface area contributed by atoms with Crippen LogP contribution in [0, 0.1) is 6.92 Å². The first-order valence-corrected chi connectivity index (χ1v) is 14.1. The summed E-state index contributed by atoms with van der Waals surface area (Å²) >= 11 is 0. The second kappa shape index (κ2) is 11.6. The highest BCUT2D eigenvalue weighted by atomic mass is 31.2. The Morgan fingerprint density at radius 2 is 1.49 bits per heavy atom. The largest absolute Gasteiger partial charge is 0.351 e. The van der Waals surface area contributed by atoms with E-state index in [1.165, 1.54) is 19.8 Å². The van der Waals surface area contributed by atoms with Crippen LogP contribution in [-0.2, 0) is 26.7 Å². The normalized spacial score (nSPS) is 12.9. The molecule has 0 aliphatic rings. The van der Waals surface area contributed by atoms with Gasteiger partial charge in [0, 0.05) is 38.4 Å². The Morgan fingerprint density at radius 1 is 0.865 bits per heavy atom. The zero-order valence-corrected chi connectivity index (χ0v) is 23.0. The molecule has 194 valence electrons. The molecule has 4 aromatic rings. The molecule has 1 aromatic heterocycles. The summed E-state index contributed by atoms with van der Waals surface area (Å²) in [6.07, 6.45) is 0. The van der Waals surface area contributed by atoms with Gasteiger partial charge >= 0.3 is 7.60 Å². The van der Waals surface area contributed by atoms with Crippen molar-refractivity contribution in [3.63, 3.8) is 0 Å². The number of hydrogen-bond acceptors (Lipinski definition) is 5. The minimum atomic E-state index is -3.78. The molecule has 1 unspecified atom stereocenters. The van der Waals surface area contributed by atoms with Gasteiger partial charge in [0.2, 0.25) is 0 Å². The summed E-state index contributed by atoms with van der Waals surface area (Å²) in [4.78, 5) is 18.5. The van der Waals surface area contributed by atoms with Gasteiger partial charge in [-0.1, -0.05) is 80.6 Å². The zero-order valence-electron chi connectivity index (χ0n) is 22.1. The van der Waals surface area contributed by atoms with Crippen molar-refractivity contribution in [1.82, 2.24) is 9.88 Å². The number of H-pyrrole nitrogens is 1. The molecule has 0 aliphatic heterocycles. The van der Waals surface area contributed by atoms with E-state index in [2.05, 4.69) is 43.1 Å². The molecule has 0 aliphatic carbocycles. The summed E-state index contributed by atoms with van der Waals surface area (Å²) in [5.41, 5.74) is 5.12. The van der Waals surface area contributed by atoms with E-state index >= 15 is 0 Å². The molecule has 4 rings (SSSR count). The average molecular weight is 519 g/mol. The summed E-state index contributed by atoms with van der Waals surface area (Å²) in [6, 6.07) is 26.0. The Balaban J connectivity index is 1.87. The van der Waals surface area contributed by atoms with Crippen molar-refractivity contribution in [2.45, 2.75) is 45.6 Å². The Bertz CT molecular complexity index is 1440. The lowest BCUT2D eigenvalue weighted by Crippen LogP contribution is -2.32. The van der Waals surface area contributed by atoms with Gasteiger partial charge in [0.05, 0.1) is 0 Å². The first-order chi connectivity index (χ1) is 17.7. The molecule has 0 fully saturated rings. The van der Waals surface area contributed by atoms with Crippen LogP contribution in [0.15, 0.2) is 83.7 Å². The van der Waals surface area contributed by atoms with E-state index in [1.807, 2.05) is 66.4 Å². The topological polar surface area (TPSA) is 71.6 Å². The number of benzene rings is 3. The second-order valence-corrected chi connectivity index (χ2v) is 12.0. The average Bonchev–Trinajstić information content (AvgIpc) is 2.90. The van der Waals surface area contributed by atoms with Crippen LogP contribution in [0.3, 0.4) is 0 Å². The van der Waals surface area contributed by atoms with E-state index < -0.39 is 13.4 Å². The number of rotatable bonds is 10. The van der Waals surface area contributed by atoms with Crippen LogP contribution < -0.4 is 5.56 Å². The lowest BCUT2D eigenvalue weighted by Gasteiger charge is -2.35. The van der Waals surface area contributed by atoms with Crippen molar-refractivity contribution in [3.8, 4) is 0 Å². The number of hydrogen-bond donors (Lipinski definition) is 1. The maximum absolute atomic E-state index is 14.1. The zero-order chi connectivity index (χ0) is 26.6. The van der Waals surface area contributed by atoms with Crippen molar-refractivity contribution < 1.29 is 13.6 Å². The molecule has 0 bridgehead atoms. The van der Waals surface area contributed by atoms with E-state index in [0.29, 0.717) is 24.6 Å². The molecular weight excluding hydrogens is 483 g/mol. The van der Waals surface area contributed by atoms with Gasteiger partial charge in [-0.25, -0.2) is 0 Å². The summed E-state index contributed by atoms with van der Waals surface area (Å²) in [7, 11) is -1.04. The number of nitrogens with zero attached hydrogens (tertiary/aromatic N) is 1. The van der Waals surface area contributed by atoms with Gasteiger partial charge in [-0.05, 0) is 52.6 Å². The molecule has 1 heterocycles. The van der Waals surface area contributed by atoms with E-state index in [1.54, 1.807) is 0 Å². The number of aromatic amines is 1. The predicted molar refractivity (Wildman–Crippen MR) is 150 cm³/mol. The van der Waals surface area contributed by atoms with E-state index in [9.17, 15) is 9.36 Å². The number of aryl methyl sites for hydroxylation is 1. The van der Waals surface area contributed by atoms with Gasteiger partial charge in [-0.2, -0.15) is 0 Å². The minimum absolute atomic E-state index is 0.314.